The maximum atomic E-state index is 10.3. The van der Waals surface area contributed by atoms with Crippen LogP contribution in [-0.2, 0) is 9.53 Å². The summed E-state index contributed by atoms with van der Waals surface area (Å²) in [5.74, 6) is -0.811. The van der Waals surface area contributed by atoms with Crippen LogP contribution in [0.2, 0.25) is 0 Å². The monoisotopic (exact) mass is 130 g/mol. The predicted molar refractivity (Wildman–Crippen MR) is 27.7 cm³/mol. The summed E-state index contributed by atoms with van der Waals surface area (Å²) < 4.78 is 4.39. The minimum Gasteiger partial charge on any atom is -0.508 e. The minimum absolute atomic E-state index is 0.206. The summed E-state index contributed by atoms with van der Waals surface area (Å²) in [6.07, 6.45) is 0.110. The standard InChI is InChI=1S/C5H6O4/c6-2-4-3(7)1-5(8)9-4/h1,4,6-7H,2H2. The normalized spacial score (nSPS) is 25.7. The quantitative estimate of drug-likeness (QED) is 0.463. The Morgan fingerprint density at radius 1 is 1.78 bits per heavy atom. The van der Waals surface area contributed by atoms with Crippen molar-refractivity contribution in [3.05, 3.63) is 11.8 Å². The zero-order valence-electron chi connectivity index (χ0n) is 4.57. The van der Waals surface area contributed by atoms with Gasteiger partial charge in [-0.15, -0.1) is 0 Å². The summed E-state index contributed by atoms with van der Waals surface area (Å²) in [4.78, 5) is 10.3. The fraction of sp³-hybridized carbons (Fsp3) is 0.400. The van der Waals surface area contributed by atoms with Gasteiger partial charge in [0, 0.05) is 0 Å². The van der Waals surface area contributed by atoms with Gasteiger partial charge in [-0.2, -0.15) is 0 Å². The van der Waals surface area contributed by atoms with Gasteiger partial charge in [-0.1, -0.05) is 0 Å². The smallest absolute Gasteiger partial charge is 0.335 e. The topological polar surface area (TPSA) is 66.8 Å². The van der Waals surface area contributed by atoms with Gasteiger partial charge in [-0.25, -0.2) is 4.79 Å². The molecule has 0 aliphatic carbocycles. The van der Waals surface area contributed by atoms with Crippen LogP contribution in [-0.4, -0.2) is 28.9 Å². The maximum Gasteiger partial charge on any atom is 0.335 e. The third-order valence-electron chi connectivity index (χ3n) is 1.02. The van der Waals surface area contributed by atoms with Gasteiger partial charge >= 0.3 is 5.97 Å². The first-order valence-electron chi connectivity index (χ1n) is 2.46. The average Bonchev–Trinajstić information content (AvgIpc) is 2.10. The number of cyclic esters (lactones) is 1. The Hall–Kier alpha value is -1.03. The summed E-state index contributed by atoms with van der Waals surface area (Å²) in [5.41, 5.74) is 0. The van der Waals surface area contributed by atoms with Crippen LogP contribution >= 0.6 is 0 Å². The highest BCUT2D eigenvalue weighted by molar-refractivity contribution is 5.85. The lowest BCUT2D eigenvalue weighted by atomic mass is 10.3. The molecule has 0 aromatic rings. The van der Waals surface area contributed by atoms with E-state index in [0.717, 1.165) is 6.08 Å². The van der Waals surface area contributed by atoms with Crippen molar-refractivity contribution in [2.45, 2.75) is 6.10 Å². The van der Waals surface area contributed by atoms with Crippen LogP contribution in [0.25, 0.3) is 0 Å². The van der Waals surface area contributed by atoms with Crippen LogP contribution in [0, 0.1) is 0 Å². The van der Waals surface area contributed by atoms with Crippen LogP contribution in [0.1, 0.15) is 0 Å². The number of carbonyl (C=O) groups excluding carboxylic acids is 1. The molecule has 1 aliphatic heterocycles. The number of ether oxygens (including phenoxy) is 1. The van der Waals surface area contributed by atoms with E-state index in [2.05, 4.69) is 4.74 Å². The van der Waals surface area contributed by atoms with Gasteiger partial charge in [0.15, 0.2) is 6.10 Å². The van der Waals surface area contributed by atoms with Crippen LogP contribution in [0.4, 0.5) is 0 Å². The zero-order valence-corrected chi connectivity index (χ0v) is 4.57. The Morgan fingerprint density at radius 2 is 2.44 bits per heavy atom. The van der Waals surface area contributed by atoms with E-state index in [1.54, 1.807) is 0 Å². The van der Waals surface area contributed by atoms with Crippen molar-refractivity contribution in [1.29, 1.82) is 0 Å². The second-order valence-corrected chi connectivity index (χ2v) is 1.68. The molecule has 1 atom stereocenters. The number of aliphatic hydroxyl groups is 2. The van der Waals surface area contributed by atoms with Crippen molar-refractivity contribution in [3.8, 4) is 0 Å². The summed E-state index contributed by atoms with van der Waals surface area (Å²) in [7, 11) is 0. The molecule has 9 heavy (non-hydrogen) atoms. The molecule has 1 aliphatic rings. The molecule has 0 amide bonds. The molecule has 0 saturated carbocycles. The fourth-order valence-corrected chi connectivity index (χ4v) is 0.579. The first-order valence-corrected chi connectivity index (χ1v) is 2.46. The molecule has 0 radical (unpaired) electrons. The molecule has 2 N–H and O–H groups in total. The Labute approximate surface area is 51.4 Å². The zero-order chi connectivity index (χ0) is 6.85. The van der Waals surface area contributed by atoms with Crippen LogP contribution < -0.4 is 0 Å². The van der Waals surface area contributed by atoms with E-state index in [-0.39, 0.29) is 12.4 Å². The molecular weight excluding hydrogens is 124 g/mol. The largest absolute Gasteiger partial charge is 0.508 e. The first kappa shape index (κ1) is 6.10. The first-order chi connectivity index (χ1) is 4.24. The molecule has 4 nitrogen and oxygen atoms in total. The van der Waals surface area contributed by atoms with Crippen molar-refractivity contribution in [1.82, 2.24) is 0 Å². The van der Waals surface area contributed by atoms with Gasteiger partial charge in [0.1, 0.15) is 5.76 Å². The van der Waals surface area contributed by atoms with Gasteiger partial charge in [0.25, 0.3) is 0 Å². The van der Waals surface area contributed by atoms with Crippen molar-refractivity contribution in [2.24, 2.45) is 0 Å². The molecule has 0 aromatic carbocycles. The maximum absolute atomic E-state index is 10.3. The van der Waals surface area contributed by atoms with Gasteiger partial charge in [0.05, 0.1) is 12.7 Å². The summed E-state index contributed by atoms with van der Waals surface area (Å²) in [6.45, 7) is -0.367. The average molecular weight is 130 g/mol. The Morgan fingerprint density at radius 3 is 2.67 bits per heavy atom. The predicted octanol–water partition coefficient (Wildman–Crippen LogP) is -0.654. The number of carbonyl (C=O) groups is 1. The Balaban J connectivity index is 2.64. The minimum atomic E-state index is -0.836. The number of hydrogen-bond donors (Lipinski definition) is 2. The molecule has 50 valence electrons. The van der Waals surface area contributed by atoms with Gasteiger partial charge in [0.2, 0.25) is 0 Å². The van der Waals surface area contributed by atoms with E-state index in [4.69, 9.17) is 10.2 Å². The summed E-state index contributed by atoms with van der Waals surface area (Å²) in [5, 5.41) is 17.1. The van der Waals surface area contributed by atoms with E-state index in [1.165, 1.54) is 0 Å². The molecule has 0 saturated heterocycles. The molecule has 0 aromatic heterocycles. The van der Waals surface area contributed by atoms with Gasteiger partial charge in [-0.3, -0.25) is 0 Å². The highest BCUT2D eigenvalue weighted by Gasteiger charge is 2.24. The van der Waals surface area contributed by atoms with Crippen LogP contribution in [0.3, 0.4) is 0 Å². The number of esters is 1. The summed E-state index contributed by atoms with van der Waals surface area (Å²) in [6, 6.07) is 0. The second-order valence-electron chi connectivity index (χ2n) is 1.68. The van der Waals surface area contributed by atoms with Gasteiger partial charge < -0.3 is 14.9 Å². The number of rotatable bonds is 1. The number of aliphatic hydroxyl groups excluding tert-OH is 2. The third-order valence-corrected chi connectivity index (χ3v) is 1.02. The highest BCUT2D eigenvalue weighted by atomic mass is 16.6. The highest BCUT2D eigenvalue weighted by Crippen LogP contribution is 2.10. The lowest BCUT2D eigenvalue weighted by Crippen LogP contribution is -2.15. The SMILES string of the molecule is O=C1C=C(O)C(CO)O1. The van der Waals surface area contributed by atoms with Crippen LogP contribution in [0.5, 0.6) is 0 Å². The fourth-order valence-electron chi connectivity index (χ4n) is 0.579. The van der Waals surface area contributed by atoms with Crippen molar-refractivity contribution < 1.29 is 19.7 Å². The van der Waals surface area contributed by atoms with Crippen molar-refractivity contribution in [3.63, 3.8) is 0 Å². The molecule has 1 unspecified atom stereocenters. The summed E-state index contributed by atoms with van der Waals surface area (Å²) >= 11 is 0. The van der Waals surface area contributed by atoms with E-state index in [9.17, 15) is 4.79 Å². The van der Waals surface area contributed by atoms with E-state index >= 15 is 0 Å². The van der Waals surface area contributed by atoms with Gasteiger partial charge in [-0.05, 0) is 0 Å². The molecule has 1 rings (SSSR count). The third kappa shape index (κ3) is 1.02. The molecular formula is C5H6O4. The molecule has 1 heterocycles. The van der Waals surface area contributed by atoms with E-state index < -0.39 is 12.1 Å². The van der Waals surface area contributed by atoms with Crippen molar-refractivity contribution >= 4 is 5.97 Å². The van der Waals surface area contributed by atoms with Crippen molar-refractivity contribution in [2.75, 3.05) is 6.61 Å². The molecule has 4 heteroatoms. The Bertz CT molecular complexity index is 160. The number of hydrogen-bond acceptors (Lipinski definition) is 4. The van der Waals surface area contributed by atoms with E-state index in [1.807, 2.05) is 0 Å². The molecule has 0 fully saturated rings. The lowest BCUT2D eigenvalue weighted by molar-refractivity contribution is -0.140. The second kappa shape index (κ2) is 2.06. The molecule has 0 bridgehead atoms. The Kier molecular flexibility index (Phi) is 1.40. The van der Waals surface area contributed by atoms with E-state index in [0.29, 0.717) is 0 Å². The van der Waals surface area contributed by atoms with Crippen LogP contribution in [0.15, 0.2) is 11.8 Å². The molecule has 0 spiro atoms. The lowest BCUT2D eigenvalue weighted by Gasteiger charge is -2.04.